The first kappa shape index (κ1) is 18.5. The minimum Gasteiger partial charge on any atom is -0.491 e. The molecule has 0 amide bonds. The van der Waals surface area contributed by atoms with Crippen LogP contribution in [0.1, 0.15) is 25.3 Å². The van der Waals surface area contributed by atoms with E-state index >= 15 is 0 Å². The number of hydrogen-bond acceptors (Lipinski definition) is 2. The van der Waals surface area contributed by atoms with Crippen molar-refractivity contribution >= 4 is 12.4 Å². The summed E-state index contributed by atoms with van der Waals surface area (Å²) in [6, 6.07) is 3.89. The van der Waals surface area contributed by atoms with Gasteiger partial charge in [-0.15, -0.1) is 5.46 Å². The van der Waals surface area contributed by atoms with E-state index < -0.39 is 12.4 Å². The van der Waals surface area contributed by atoms with Gasteiger partial charge in [-0.25, -0.2) is 0 Å². The van der Waals surface area contributed by atoms with Crippen LogP contribution in [0.15, 0.2) is 18.2 Å². The summed E-state index contributed by atoms with van der Waals surface area (Å²) in [5.74, 6) is 0.462. The van der Waals surface area contributed by atoms with E-state index in [9.17, 15) is 12.9 Å². The monoisotopic (exact) mass is 312 g/mol. The first-order chi connectivity index (χ1) is 8.86. The van der Waals surface area contributed by atoms with E-state index in [0.29, 0.717) is 12.4 Å². The average Bonchev–Trinajstić information content (AvgIpc) is 2.71. The molecular weight excluding hydrogens is 295 g/mol. The second-order valence-corrected chi connectivity index (χ2v) is 5.05. The van der Waals surface area contributed by atoms with Crippen LogP contribution >= 0.6 is 0 Å². The number of benzene rings is 1. The van der Waals surface area contributed by atoms with Gasteiger partial charge in [-0.1, -0.05) is 11.6 Å². The third kappa shape index (κ3) is 5.03. The Labute approximate surface area is 159 Å². The van der Waals surface area contributed by atoms with Crippen LogP contribution in [0.3, 0.4) is 0 Å². The summed E-state index contributed by atoms with van der Waals surface area (Å²) in [5, 5.41) is 0. The van der Waals surface area contributed by atoms with Gasteiger partial charge >= 0.3 is 58.4 Å². The predicted octanol–water partition coefficient (Wildman–Crippen LogP) is -0.000280. The molecule has 0 N–H and O–H groups in total. The van der Waals surface area contributed by atoms with Crippen LogP contribution in [-0.2, 0) is 4.74 Å². The SMILES string of the molecule is Cc1cc(OCC2CCC(C)O2)ccc1[B-](F)(F)F.[K+]. The molecule has 0 saturated carbocycles. The van der Waals surface area contributed by atoms with Crippen LogP contribution in [0.25, 0.3) is 0 Å². The van der Waals surface area contributed by atoms with Gasteiger partial charge in [-0.2, -0.15) is 0 Å². The zero-order valence-corrected chi connectivity index (χ0v) is 15.2. The Morgan fingerprint density at radius 2 is 2.00 bits per heavy atom. The minimum absolute atomic E-state index is 0. The summed E-state index contributed by atoms with van der Waals surface area (Å²) in [4.78, 5) is 0. The van der Waals surface area contributed by atoms with Gasteiger partial charge in [0.1, 0.15) is 12.4 Å². The Morgan fingerprint density at radius 1 is 1.30 bits per heavy atom. The topological polar surface area (TPSA) is 18.5 Å². The van der Waals surface area contributed by atoms with Crippen LogP contribution in [0.2, 0.25) is 0 Å². The summed E-state index contributed by atoms with van der Waals surface area (Å²) < 4.78 is 49.1. The molecule has 2 nitrogen and oxygen atoms in total. The number of rotatable bonds is 4. The van der Waals surface area contributed by atoms with Gasteiger partial charge in [0.25, 0.3) is 0 Å². The summed E-state index contributed by atoms with van der Waals surface area (Å²) in [5.41, 5.74) is -0.358. The largest absolute Gasteiger partial charge is 1.00 e. The van der Waals surface area contributed by atoms with E-state index in [4.69, 9.17) is 9.47 Å². The molecule has 0 aromatic heterocycles. The van der Waals surface area contributed by atoms with Gasteiger partial charge in [0.05, 0.1) is 12.2 Å². The van der Waals surface area contributed by atoms with Gasteiger partial charge in [0, 0.05) is 0 Å². The van der Waals surface area contributed by atoms with Crippen LogP contribution in [0.4, 0.5) is 12.9 Å². The van der Waals surface area contributed by atoms with Crippen LogP contribution in [0, 0.1) is 6.92 Å². The zero-order valence-electron chi connectivity index (χ0n) is 12.0. The number of hydrogen-bond donors (Lipinski definition) is 0. The van der Waals surface area contributed by atoms with Crippen molar-refractivity contribution < 1.29 is 73.8 Å². The summed E-state index contributed by atoms with van der Waals surface area (Å²) in [6.07, 6.45) is 2.22. The third-order valence-corrected chi connectivity index (χ3v) is 3.35. The van der Waals surface area contributed by atoms with Crippen molar-refractivity contribution in [3.8, 4) is 5.75 Å². The minimum atomic E-state index is -4.95. The third-order valence-electron chi connectivity index (χ3n) is 3.35. The smallest absolute Gasteiger partial charge is 0.491 e. The molecular formula is C13H17BF3KO2. The van der Waals surface area contributed by atoms with E-state index in [-0.39, 0.29) is 69.2 Å². The molecule has 2 rings (SSSR count). The molecule has 0 aliphatic carbocycles. The van der Waals surface area contributed by atoms with Gasteiger partial charge in [0.15, 0.2) is 0 Å². The van der Waals surface area contributed by atoms with Crippen LogP contribution in [0.5, 0.6) is 5.75 Å². The predicted molar refractivity (Wildman–Crippen MR) is 69.0 cm³/mol. The standard InChI is InChI=1S/C13H17BF3O2.K/c1-9-7-11(5-6-13(9)14(15,16)17)18-8-12-4-3-10(2)19-12;/h5-7,10,12H,3-4,8H2,1-2H3;/q-1;+1. The van der Waals surface area contributed by atoms with Crippen molar-refractivity contribution in [3.05, 3.63) is 23.8 Å². The van der Waals surface area contributed by atoms with Crippen LogP contribution in [-0.4, -0.2) is 25.8 Å². The summed E-state index contributed by atoms with van der Waals surface area (Å²) in [7, 11) is 0. The molecule has 1 saturated heterocycles. The molecule has 0 spiro atoms. The molecule has 0 bridgehead atoms. The molecule has 2 unspecified atom stereocenters. The van der Waals surface area contributed by atoms with E-state index in [1.54, 1.807) is 0 Å². The van der Waals surface area contributed by atoms with Crippen molar-refractivity contribution in [1.29, 1.82) is 0 Å². The second kappa shape index (κ2) is 7.65. The van der Waals surface area contributed by atoms with Gasteiger partial charge in [-0.05, 0) is 38.8 Å². The molecule has 1 aromatic carbocycles. The Kier molecular flexibility index (Phi) is 7.08. The van der Waals surface area contributed by atoms with Crippen molar-refractivity contribution in [2.45, 2.75) is 38.9 Å². The number of aryl methyl sites for hydroxylation is 1. The summed E-state index contributed by atoms with van der Waals surface area (Å²) in [6.45, 7) is -1.11. The van der Waals surface area contributed by atoms with E-state index in [2.05, 4.69) is 0 Å². The van der Waals surface area contributed by atoms with Crippen molar-refractivity contribution in [1.82, 2.24) is 0 Å². The zero-order chi connectivity index (χ0) is 14.0. The van der Waals surface area contributed by atoms with Crippen molar-refractivity contribution in [2.24, 2.45) is 0 Å². The maximum atomic E-state index is 12.7. The van der Waals surface area contributed by atoms with Crippen molar-refractivity contribution in [2.75, 3.05) is 6.61 Å². The first-order valence-electron chi connectivity index (χ1n) is 6.45. The maximum absolute atomic E-state index is 12.7. The molecule has 20 heavy (non-hydrogen) atoms. The van der Waals surface area contributed by atoms with E-state index in [1.807, 2.05) is 6.92 Å². The van der Waals surface area contributed by atoms with E-state index in [0.717, 1.165) is 18.9 Å². The molecule has 1 fully saturated rings. The fourth-order valence-electron chi connectivity index (χ4n) is 2.30. The Morgan fingerprint density at radius 3 is 2.50 bits per heavy atom. The number of halogens is 3. The number of ether oxygens (including phenoxy) is 2. The fourth-order valence-corrected chi connectivity index (χ4v) is 2.30. The van der Waals surface area contributed by atoms with Crippen LogP contribution < -0.4 is 61.6 Å². The fraction of sp³-hybridized carbons (Fsp3) is 0.538. The maximum Gasteiger partial charge on any atom is 1.00 e. The quantitative estimate of drug-likeness (QED) is 0.729. The van der Waals surface area contributed by atoms with Gasteiger partial charge in [0.2, 0.25) is 0 Å². The molecule has 1 aliphatic heterocycles. The molecule has 0 radical (unpaired) electrons. The normalized spacial score (nSPS) is 22.4. The van der Waals surface area contributed by atoms with Gasteiger partial charge < -0.3 is 22.4 Å². The Hall–Kier alpha value is 0.471. The van der Waals surface area contributed by atoms with E-state index in [1.165, 1.54) is 19.1 Å². The molecule has 7 heteroatoms. The Bertz CT molecular complexity index is 454. The molecule has 1 aliphatic rings. The summed E-state index contributed by atoms with van der Waals surface area (Å²) >= 11 is 0. The van der Waals surface area contributed by atoms with Gasteiger partial charge in [-0.3, -0.25) is 0 Å². The second-order valence-electron chi connectivity index (χ2n) is 5.05. The van der Waals surface area contributed by atoms with Crippen molar-refractivity contribution in [3.63, 3.8) is 0 Å². The molecule has 1 heterocycles. The Balaban J connectivity index is 0.00000200. The first-order valence-corrected chi connectivity index (χ1v) is 6.45. The molecule has 1 aromatic rings. The average molecular weight is 312 g/mol. The molecule has 2 atom stereocenters. The molecule has 106 valence electrons.